The van der Waals surface area contributed by atoms with Gasteiger partial charge in [-0.05, 0) is 26.3 Å². The van der Waals surface area contributed by atoms with Gasteiger partial charge in [0.2, 0.25) is 0 Å². The third-order valence-corrected chi connectivity index (χ3v) is 4.61. The smallest absolute Gasteiger partial charge is 0.352 e. The highest BCUT2D eigenvalue weighted by atomic mass is 32.2. The van der Waals surface area contributed by atoms with Gasteiger partial charge in [-0.3, -0.25) is 18.9 Å². The SMILES string of the molecule is CC(C)=NC1C(=O)N2C(C(=O)O)=C(C)CS(=O)[C@H]12. The van der Waals surface area contributed by atoms with Gasteiger partial charge in [-0.25, -0.2) is 4.79 Å². The van der Waals surface area contributed by atoms with E-state index in [1.54, 1.807) is 20.8 Å². The number of rotatable bonds is 2. The lowest BCUT2D eigenvalue weighted by Crippen LogP contribution is -2.67. The Morgan fingerprint density at radius 1 is 1.50 bits per heavy atom. The molecule has 18 heavy (non-hydrogen) atoms. The van der Waals surface area contributed by atoms with Crippen LogP contribution in [0.2, 0.25) is 0 Å². The van der Waals surface area contributed by atoms with Crippen molar-refractivity contribution in [2.75, 3.05) is 5.75 Å². The topological polar surface area (TPSA) is 87.0 Å². The average Bonchev–Trinajstić information content (AvgIpc) is 2.24. The number of β-lactam (4-membered cyclic amide) rings is 1. The molecule has 2 rings (SSSR count). The van der Waals surface area contributed by atoms with E-state index in [2.05, 4.69) is 4.99 Å². The van der Waals surface area contributed by atoms with Crippen LogP contribution in [0.15, 0.2) is 16.3 Å². The average molecular weight is 270 g/mol. The Labute approximate surface area is 107 Å². The van der Waals surface area contributed by atoms with Crippen molar-refractivity contribution in [1.82, 2.24) is 4.90 Å². The first-order chi connectivity index (χ1) is 8.34. The van der Waals surface area contributed by atoms with E-state index in [1.807, 2.05) is 0 Å². The zero-order valence-electron chi connectivity index (χ0n) is 10.3. The van der Waals surface area contributed by atoms with E-state index in [9.17, 15) is 13.8 Å². The van der Waals surface area contributed by atoms with Gasteiger partial charge in [-0.1, -0.05) is 0 Å². The van der Waals surface area contributed by atoms with Crippen molar-refractivity contribution in [2.24, 2.45) is 4.99 Å². The lowest BCUT2D eigenvalue weighted by molar-refractivity contribution is -0.148. The number of hydrogen-bond donors (Lipinski definition) is 1. The Hall–Kier alpha value is -1.50. The molecule has 1 N–H and O–H groups in total. The Morgan fingerprint density at radius 3 is 2.61 bits per heavy atom. The Kier molecular flexibility index (Phi) is 3.10. The predicted octanol–water partition coefficient (Wildman–Crippen LogP) is 0.125. The van der Waals surface area contributed by atoms with Crippen molar-refractivity contribution in [3.63, 3.8) is 0 Å². The minimum absolute atomic E-state index is 0.0372. The maximum Gasteiger partial charge on any atom is 0.352 e. The van der Waals surface area contributed by atoms with Crippen molar-refractivity contribution in [3.8, 4) is 0 Å². The quantitative estimate of drug-likeness (QED) is 0.570. The van der Waals surface area contributed by atoms with E-state index >= 15 is 0 Å². The van der Waals surface area contributed by atoms with Crippen molar-refractivity contribution < 1.29 is 18.9 Å². The molecule has 0 radical (unpaired) electrons. The number of fused-ring (bicyclic) bond motifs is 1. The van der Waals surface area contributed by atoms with E-state index in [0.717, 1.165) is 4.90 Å². The minimum Gasteiger partial charge on any atom is -0.477 e. The predicted molar refractivity (Wildman–Crippen MR) is 66.6 cm³/mol. The minimum atomic E-state index is -1.29. The van der Waals surface area contributed by atoms with Gasteiger partial charge in [-0.2, -0.15) is 0 Å². The molecule has 0 saturated carbocycles. The molecule has 1 amide bonds. The fourth-order valence-corrected chi connectivity index (χ4v) is 3.85. The summed E-state index contributed by atoms with van der Waals surface area (Å²) in [5.41, 5.74) is 1.15. The molecule has 98 valence electrons. The van der Waals surface area contributed by atoms with Gasteiger partial charge in [0, 0.05) is 11.5 Å². The molecule has 0 spiro atoms. The van der Waals surface area contributed by atoms with E-state index < -0.39 is 28.2 Å². The van der Waals surface area contributed by atoms with Crippen LogP contribution >= 0.6 is 0 Å². The monoisotopic (exact) mass is 270 g/mol. The number of carboxylic acid groups (broad SMARTS) is 1. The molecule has 0 bridgehead atoms. The normalized spacial score (nSPS) is 30.7. The molecule has 1 saturated heterocycles. The van der Waals surface area contributed by atoms with Gasteiger partial charge >= 0.3 is 5.97 Å². The third-order valence-electron chi connectivity index (χ3n) is 2.89. The van der Waals surface area contributed by atoms with Crippen LogP contribution < -0.4 is 0 Å². The summed E-state index contributed by atoms with van der Waals surface area (Å²) in [6.45, 7) is 5.09. The highest BCUT2D eigenvalue weighted by Gasteiger charge is 2.56. The van der Waals surface area contributed by atoms with Crippen LogP contribution in [-0.4, -0.2) is 49.0 Å². The maximum atomic E-state index is 12.0. The largest absolute Gasteiger partial charge is 0.477 e. The summed E-state index contributed by atoms with van der Waals surface area (Å²) >= 11 is 0. The van der Waals surface area contributed by atoms with E-state index in [-0.39, 0.29) is 17.4 Å². The number of carbonyl (C=O) groups excluding carboxylic acids is 1. The molecule has 2 unspecified atom stereocenters. The molecule has 6 nitrogen and oxygen atoms in total. The zero-order chi connectivity index (χ0) is 13.6. The van der Waals surface area contributed by atoms with Crippen LogP contribution in [0.3, 0.4) is 0 Å². The molecule has 7 heteroatoms. The first-order valence-corrected chi connectivity index (χ1v) is 6.87. The van der Waals surface area contributed by atoms with Crippen molar-refractivity contribution in [2.45, 2.75) is 32.2 Å². The number of nitrogens with zero attached hydrogens (tertiary/aromatic N) is 2. The Bertz CT molecular complexity index is 519. The van der Waals surface area contributed by atoms with Gasteiger partial charge in [0.05, 0.1) is 10.8 Å². The number of aliphatic imine (C=N–C) groups is 1. The van der Waals surface area contributed by atoms with Crippen molar-refractivity contribution >= 4 is 28.4 Å². The molecular weight excluding hydrogens is 256 g/mol. The summed E-state index contributed by atoms with van der Waals surface area (Å²) in [7, 11) is -1.29. The molecule has 1 fully saturated rings. The van der Waals surface area contributed by atoms with Gasteiger partial charge in [-0.15, -0.1) is 0 Å². The summed E-state index contributed by atoms with van der Waals surface area (Å²) in [6.07, 6.45) is 0. The summed E-state index contributed by atoms with van der Waals surface area (Å²) < 4.78 is 12.0. The summed E-state index contributed by atoms with van der Waals surface area (Å²) in [5, 5.41) is 8.49. The van der Waals surface area contributed by atoms with Crippen molar-refractivity contribution in [3.05, 3.63) is 11.3 Å². The molecule has 0 aromatic heterocycles. The lowest BCUT2D eigenvalue weighted by atomic mass is 10.0. The molecule has 2 aliphatic rings. The highest BCUT2D eigenvalue weighted by Crippen LogP contribution is 2.36. The highest BCUT2D eigenvalue weighted by molar-refractivity contribution is 7.86. The molecular formula is C11H14N2O4S. The number of carboxylic acids is 1. The lowest BCUT2D eigenvalue weighted by Gasteiger charge is -2.47. The standard InChI is InChI=1S/C11H14N2O4S/c1-5(2)12-7-9(14)13-8(11(15)16)6(3)4-18(17)10(7)13/h7,10H,4H2,1-3H3,(H,15,16)/t7?,10-,18?/m1/s1. The molecule has 2 aliphatic heterocycles. The van der Waals surface area contributed by atoms with E-state index in [1.165, 1.54) is 0 Å². The first-order valence-electron chi connectivity index (χ1n) is 5.49. The van der Waals surface area contributed by atoms with E-state index in [0.29, 0.717) is 11.3 Å². The Morgan fingerprint density at radius 2 is 2.11 bits per heavy atom. The number of hydrogen-bond acceptors (Lipinski definition) is 4. The van der Waals surface area contributed by atoms with Crippen LogP contribution in [0, 0.1) is 0 Å². The Balaban J connectivity index is 2.41. The summed E-state index contributed by atoms with van der Waals surface area (Å²) in [4.78, 5) is 28.3. The van der Waals surface area contributed by atoms with Gasteiger partial charge < -0.3 is 5.11 Å². The third kappa shape index (κ3) is 1.78. The van der Waals surface area contributed by atoms with Crippen molar-refractivity contribution in [1.29, 1.82) is 0 Å². The number of carbonyl (C=O) groups is 2. The fourth-order valence-electron chi connectivity index (χ4n) is 2.20. The molecule has 3 atom stereocenters. The van der Waals surface area contributed by atoms with Crippen LogP contribution in [-0.2, 0) is 20.4 Å². The number of amides is 1. The van der Waals surface area contributed by atoms with Gasteiger partial charge in [0.1, 0.15) is 11.1 Å². The first kappa shape index (κ1) is 12.9. The molecule has 2 heterocycles. The van der Waals surface area contributed by atoms with Crippen LogP contribution in [0.1, 0.15) is 20.8 Å². The molecule has 0 aromatic carbocycles. The molecule has 0 aromatic rings. The zero-order valence-corrected chi connectivity index (χ0v) is 11.2. The van der Waals surface area contributed by atoms with Crippen LogP contribution in [0.5, 0.6) is 0 Å². The van der Waals surface area contributed by atoms with Gasteiger partial charge in [0.25, 0.3) is 5.91 Å². The van der Waals surface area contributed by atoms with Gasteiger partial charge in [0.15, 0.2) is 6.04 Å². The number of aliphatic carboxylic acids is 1. The maximum absolute atomic E-state index is 12.0. The van der Waals surface area contributed by atoms with Crippen LogP contribution in [0.4, 0.5) is 0 Å². The second kappa shape index (κ2) is 4.31. The summed E-state index contributed by atoms with van der Waals surface area (Å²) in [5.74, 6) is -1.35. The second-order valence-corrected chi connectivity index (χ2v) is 6.11. The molecule has 0 aliphatic carbocycles. The summed E-state index contributed by atoms with van der Waals surface area (Å²) in [6, 6.07) is -0.696. The fraction of sp³-hybridized carbons (Fsp3) is 0.545. The second-order valence-electron chi connectivity index (χ2n) is 4.58. The van der Waals surface area contributed by atoms with Crippen LogP contribution in [0.25, 0.3) is 0 Å². The van der Waals surface area contributed by atoms with E-state index in [4.69, 9.17) is 5.11 Å².